The van der Waals surface area contributed by atoms with Crippen molar-refractivity contribution in [3.8, 4) is 0 Å². The van der Waals surface area contributed by atoms with Gasteiger partial charge in [-0.05, 0) is 18.9 Å². The highest BCUT2D eigenvalue weighted by molar-refractivity contribution is 5.85. The smallest absolute Gasteiger partial charge is 0.234 e. The Hall–Kier alpha value is -0.280. The summed E-state index contributed by atoms with van der Waals surface area (Å²) < 4.78 is 0. The molecule has 0 spiro atoms. The fourth-order valence-electron chi connectivity index (χ4n) is 1.13. The Morgan fingerprint density at radius 2 is 2.30 bits per heavy atom. The van der Waals surface area contributed by atoms with Crippen molar-refractivity contribution in [2.75, 3.05) is 6.54 Å². The Balaban J connectivity index is 0.000000810. The van der Waals surface area contributed by atoms with E-state index in [2.05, 4.69) is 12.2 Å². The highest BCUT2D eigenvalue weighted by atomic mass is 35.5. The summed E-state index contributed by atoms with van der Waals surface area (Å²) in [5.41, 5.74) is 5.06. The quantitative estimate of drug-likeness (QED) is 0.569. The van der Waals surface area contributed by atoms with Gasteiger partial charge < -0.3 is 11.1 Å². The van der Waals surface area contributed by atoms with Gasteiger partial charge in [-0.25, -0.2) is 0 Å². The minimum Gasteiger partial charge on any atom is -0.368 e. The molecule has 60 valence electrons. The fourth-order valence-corrected chi connectivity index (χ4v) is 1.13. The van der Waals surface area contributed by atoms with Crippen LogP contribution in [0.15, 0.2) is 0 Å². The van der Waals surface area contributed by atoms with Crippen LogP contribution in [0.25, 0.3) is 0 Å². The van der Waals surface area contributed by atoms with E-state index in [1.165, 1.54) is 0 Å². The molecular formula is C6H13ClN2O. The third-order valence-corrected chi connectivity index (χ3v) is 1.69. The first-order chi connectivity index (χ1) is 4.20. The van der Waals surface area contributed by atoms with Crippen LogP contribution in [0.1, 0.15) is 13.3 Å². The van der Waals surface area contributed by atoms with E-state index in [9.17, 15) is 4.79 Å². The van der Waals surface area contributed by atoms with E-state index in [0.717, 1.165) is 13.0 Å². The molecule has 0 aromatic heterocycles. The first-order valence-corrected chi connectivity index (χ1v) is 3.23. The molecule has 1 aliphatic rings. The summed E-state index contributed by atoms with van der Waals surface area (Å²) in [6, 6.07) is -0.0694. The molecule has 2 atom stereocenters. The van der Waals surface area contributed by atoms with Crippen LogP contribution in [0.5, 0.6) is 0 Å². The maximum Gasteiger partial charge on any atom is 0.234 e. The van der Waals surface area contributed by atoms with Crippen molar-refractivity contribution in [3.05, 3.63) is 0 Å². The molecule has 0 saturated carbocycles. The zero-order chi connectivity index (χ0) is 6.85. The number of hydrogen-bond acceptors (Lipinski definition) is 2. The molecule has 0 aromatic carbocycles. The number of hydrogen-bond donors (Lipinski definition) is 2. The van der Waals surface area contributed by atoms with Gasteiger partial charge in [0.05, 0.1) is 6.04 Å². The molecule has 1 saturated heterocycles. The van der Waals surface area contributed by atoms with Gasteiger partial charge in [0.15, 0.2) is 0 Å². The Bertz CT molecular complexity index is 129. The summed E-state index contributed by atoms with van der Waals surface area (Å²) in [6.45, 7) is 3.03. The van der Waals surface area contributed by atoms with Crippen molar-refractivity contribution in [1.82, 2.24) is 5.32 Å². The lowest BCUT2D eigenvalue weighted by Crippen LogP contribution is -2.36. The molecule has 0 bridgehead atoms. The number of nitrogens with two attached hydrogens (primary N) is 1. The molecule has 4 heteroatoms. The summed E-state index contributed by atoms with van der Waals surface area (Å²) in [6.07, 6.45) is 0.898. The van der Waals surface area contributed by atoms with E-state index in [1.54, 1.807) is 0 Å². The summed E-state index contributed by atoms with van der Waals surface area (Å²) in [4.78, 5) is 10.5. The average Bonchev–Trinajstić information content (AvgIpc) is 2.14. The molecule has 1 aliphatic heterocycles. The van der Waals surface area contributed by atoms with Gasteiger partial charge in [-0.1, -0.05) is 6.92 Å². The van der Waals surface area contributed by atoms with Gasteiger partial charge in [-0.3, -0.25) is 4.79 Å². The van der Waals surface area contributed by atoms with Crippen molar-refractivity contribution in [3.63, 3.8) is 0 Å². The van der Waals surface area contributed by atoms with Gasteiger partial charge in [0, 0.05) is 0 Å². The SMILES string of the molecule is C[C@@H]1CN[C@H](C(N)=O)C1.Cl. The van der Waals surface area contributed by atoms with Gasteiger partial charge in [0.25, 0.3) is 0 Å². The van der Waals surface area contributed by atoms with Crippen LogP contribution in [0.3, 0.4) is 0 Å². The Kier molecular flexibility index (Phi) is 3.68. The van der Waals surface area contributed by atoms with Crippen LogP contribution in [-0.4, -0.2) is 18.5 Å². The second-order valence-corrected chi connectivity index (χ2v) is 2.70. The number of carbonyl (C=O) groups is 1. The summed E-state index contributed by atoms with van der Waals surface area (Å²) >= 11 is 0. The van der Waals surface area contributed by atoms with Crippen LogP contribution in [0, 0.1) is 5.92 Å². The van der Waals surface area contributed by atoms with Gasteiger partial charge in [-0.2, -0.15) is 0 Å². The van der Waals surface area contributed by atoms with Crippen molar-refractivity contribution >= 4 is 18.3 Å². The topological polar surface area (TPSA) is 55.1 Å². The molecule has 1 fully saturated rings. The fraction of sp³-hybridized carbons (Fsp3) is 0.833. The van der Waals surface area contributed by atoms with E-state index in [4.69, 9.17) is 5.73 Å². The summed E-state index contributed by atoms with van der Waals surface area (Å²) in [7, 11) is 0. The molecule has 0 aromatic rings. The first kappa shape index (κ1) is 9.72. The number of rotatable bonds is 1. The maximum atomic E-state index is 10.5. The third-order valence-electron chi connectivity index (χ3n) is 1.69. The molecule has 3 nitrogen and oxygen atoms in total. The van der Waals surface area contributed by atoms with E-state index in [0.29, 0.717) is 5.92 Å². The first-order valence-electron chi connectivity index (χ1n) is 3.23. The van der Waals surface area contributed by atoms with Gasteiger partial charge >= 0.3 is 0 Å². The van der Waals surface area contributed by atoms with E-state index >= 15 is 0 Å². The highest BCUT2D eigenvalue weighted by Gasteiger charge is 2.24. The van der Waals surface area contributed by atoms with Crippen molar-refractivity contribution in [2.45, 2.75) is 19.4 Å². The van der Waals surface area contributed by atoms with E-state index < -0.39 is 0 Å². The van der Waals surface area contributed by atoms with Gasteiger partial charge in [0.2, 0.25) is 5.91 Å². The monoisotopic (exact) mass is 164 g/mol. The normalized spacial score (nSPS) is 31.3. The Labute approximate surface area is 66.8 Å². The summed E-state index contributed by atoms with van der Waals surface area (Å²) in [5, 5.41) is 3.03. The van der Waals surface area contributed by atoms with Crippen LogP contribution in [0.2, 0.25) is 0 Å². The minimum atomic E-state index is -0.223. The minimum absolute atomic E-state index is 0. The average molecular weight is 165 g/mol. The van der Waals surface area contributed by atoms with Crippen LogP contribution in [0.4, 0.5) is 0 Å². The number of nitrogens with one attached hydrogen (secondary N) is 1. The van der Waals surface area contributed by atoms with E-state index in [-0.39, 0.29) is 24.4 Å². The number of carbonyl (C=O) groups excluding carboxylic acids is 1. The standard InChI is InChI=1S/C6H12N2O.ClH/c1-4-2-5(6(7)9)8-3-4;/h4-5,8H,2-3H2,1H3,(H2,7,9);1H/t4-,5-;/m0./s1. The predicted octanol–water partition coefficient (Wildman–Crippen LogP) is -0.109. The maximum absolute atomic E-state index is 10.5. The lowest BCUT2D eigenvalue weighted by molar-refractivity contribution is -0.119. The lowest BCUT2D eigenvalue weighted by atomic mass is 10.1. The predicted molar refractivity (Wildman–Crippen MR) is 42.0 cm³/mol. The third kappa shape index (κ3) is 2.15. The molecule has 1 rings (SSSR count). The van der Waals surface area contributed by atoms with Crippen molar-refractivity contribution in [2.24, 2.45) is 11.7 Å². The number of amides is 1. The zero-order valence-corrected chi connectivity index (χ0v) is 6.78. The zero-order valence-electron chi connectivity index (χ0n) is 5.96. The molecule has 0 unspecified atom stereocenters. The Morgan fingerprint density at radius 1 is 1.70 bits per heavy atom. The molecule has 1 amide bonds. The van der Waals surface area contributed by atoms with E-state index in [1.807, 2.05) is 0 Å². The van der Waals surface area contributed by atoms with Crippen molar-refractivity contribution in [1.29, 1.82) is 0 Å². The molecule has 0 aliphatic carbocycles. The second-order valence-electron chi connectivity index (χ2n) is 2.70. The van der Waals surface area contributed by atoms with Gasteiger partial charge in [-0.15, -0.1) is 12.4 Å². The largest absolute Gasteiger partial charge is 0.368 e. The van der Waals surface area contributed by atoms with Gasteiger partial charge in [0.1, 0.15) is 0 Å². The molecular weight excluding hydrogens is 152 g/mol. The second kappa shape index (κ2) is 3.78. The molecule has 1 heterocycles. The molecule has 3 N–H and O–H groups in total. The van der Waals surface area contributed by atoms with Crippen LogP contribution < -0.4 is 11.1 Å². The van der Waals surface area contributed by atoms with Crippen LogP contribution in [-0.2, 0) is 4.79 Å². The highest BCUT2D eigenvalue weighted by Crippen LogP contribution is 2.11. The van der Waals surface area contributed by atoms with Crippen LogP contribution >= 0.6 is 12.4 Å². The van der Waals surface area contributed by atoms with Crippen molar-refractivity contribution < 1.29 is 4.79 Å². The number of primary amides is 1. The molecule has 10 heavy (non-hydrogen) atoms. The lowest BCUT2D eigenvalue weighted by Gasteiger charge is -2.01. The molecule has 0 radical (unpaired) electrons. The summed E-state index contributed by atoms with van der Waals surface area (Å²) in [5.74, 6) is 0.377. The Morgan fingerprint density at radius 3 is 2.50 bits per heavy atom. The number of halogens is 1.